The molecule has 1 N–H and O–H groups in total. The van der Waals surface area contributed by atoms with Gasteiger partial charge in [-0.15, -0.1) is 0 Å². The van der Waals surface area contributed by atoms with Crippen LogP contribution < -0.4 is 5.32 Å². The first-order valence-electron chi connectivity index (χ1n) is 17.1. The molecule has 1 aromatic heterocycles. The third-order valence-corrected chi connectivity index (χ3v) is 11.8. The molecule has 0 spiro atoms. The summed E-state index contributed by atoms with van der Waals surface area (Å²) < 4.78 is 33.8. The number of benzene rings is 4. The number of hydrogen-bond donors (Lipinski definition) is 1. The molecule has 1 fully saturated rings. The highest BCUT2D eigenvalue weighted by Crippen LogP contribution is 2.33. The number of anilines is 1. The number of nitrogens with one attached hydrogen (secondary N) is 1. The Balaban J connectivity index is 1.41. The number of sulfonamides is 1. The SMILES string of the molecule is CB(Cc1ccccc1)N(B(C)Cc1ccccc1)S(=O)(=O)c1cc(NC(=O)Cc2ccccc2C)cc2nn(CC3CCCC3)cc12. The zero-order valence-electron chi connectivity index (χ0n) is 28.2. The summed E-state index contributed by atoms with van der Waals surface area (Å²) in [7, 11) is -4.08. The number of carbonyl (C=O) groups excluding carboxylic acids is 1. The van der Waals surface area contributed by atoms with Crippen LogP contribution in [0.3, 0.4) is 0 Å². The van der Waals surface area contributed by atoms with Gasteiger partial charge in [-0.05, 0) is 61.6 Å². The van der Waals surface area contributed by atoms with Gasteiger partial charge in [-0.3, -0.25) is 13.6 Å². The van der Waals surface area contributed by atoms with Crippen LogP contribution in [0.5, 0.6) is 0 Å². The van der Waals surface area contributed by atoms with E-state index in [1.165, 1.54) is 12.8 Å². The third-order valence-electron chi connectivity index (χ3n) is 9.62. The summed E-state index contributed by atoms with van der Waals surface area (Å²) in [6.45, 7) is 6.04. The highest BCUT2D eigenvalue weighted by Gasteiger charge is 2.38. The minimum Gasteiger partial charge on any atom is -0.326 e. The summed E-state index contributed by atoms with van der Waals surface area (Å²) in [6, 6.07) is 31.3. The number of rotatable bonds is 13. The molecule has 1 amide bonds. The summed E-state index contributed by atoms with van der Waals surface area (Å²) in [5.41, 5.74) is 5.10. The second-order valence-electron chi connectivity index (χ2n) is 13.5. The molecule has 48 heavy (non-hydrogen) atoms. The van der Waals surface area contributed by atoms with Gasteiger partial charge in [0, 0.05) is 23.8 Å². The summed E-state index contributed by atoms with van der Waals surface area (Å²) in [5, 5.41) is 8.47. The van der Waals surface area contributed by atoms with E-state index in [0.717, 1.165) is 41.6 Å². The van der Waals surface area contributed by atoms with Crippen LogP contribution in [0.15, 0.2) is 108 Å². The van der Waals surface area contributed by atoms with E-state index in [4.69, 9.17) is 5.10 Å². The molecule has 4 aromatic carbocycles. The Morgan fingerprint density at radius 1 is 0.875 bits per heavy atom. The molecule has 0 unspecified atom stereocenters. The summed E-state index contributed by atoms with van der Waals surface area (Å²) in [5.74, 6) is 0.324. The van der Waals surface area contributed by atoms with E-state index in [-0.39, 0.29) is 30.9 Å². The number of fused-ring (bicyclic) bond motifs is 1. The summed E-state index contributed by atoms with van der Waals surface area (Å²) in [4.78, 5) is 13.5. The van der Waals surface area contributed by atoms with Crippen molar-refractivity contribution in [2.45, 2.75) is 76.8 Å². The van der Waals surface area contributed by atoms with Gasteiger partial charge < -0.3 is 5.32 Å². The van der Waals surface area contributed by atoms with Crippen molar-refractivity contribution < 1.29 is 13.2 Å². The second-order valence-corrected chi connectivity index (χ2v) is 15.3. The Hall–Kier alpha value is -4.14. The smallest absolute Gasteiger partial charge is 0.229 e. The fourth-order valence-corrected chi connectivity index (χ4v) is 9.31. The monoisotopic (exact) mass is 658 g/mol. The largest absolute Gasteiger partial charge is 0.326 e. The number of aromatic nitrogens is 2. The zero-order valence-corrected chi connectivity index (χ0v) is 29.0. The number of carbonyl (C=O) groups is 1. The van der Waals surface area contributed by atoms with Crippen LogP contribution in [0.2, 0.25) is 13.6 Å². The first-order chi connectivity index (χ1) is 23.2. The van der Waals surface area contributed by atoms with Gasteiger partial charge in [0.2, 0.25) is 29.6 Å². The van der Waals surface area contributed by atoms with Gasteiger partial charge in [0.05, 0.1) is 16.8 Å². The van der Waals surface area contributed by atoms with E-state index < -0.39 is 10.0 Å². The second kappa shape index (κ2) is 15.0. The van der Waals surface area contributed by atoms with Gasteiger partial charge >= 0.3 is 0 Å². The molecule has 246 valence electrons. The summed E-state index contributed by atoms with van der Waals surface area (Å²) >= 11 is 0. The Kier molecular flexibility index (Phi) is 10.5. The van der Waals surface area contributed by atoms with Crippen molar-refractivity contribution >= 4 is 46.2 Å². The highest BCUT2D eigenvalue weighted by atomic mass is 32.2. The van der Waals surface area contributed by atoms with Crippen LogP contribution in [0.4, 0.5) is 5.69 Å². The van der Waals surface area contributed by atoms with Crippen molar-refractivity contribution in [3.05, 3.63) is 126 Å². The van der Waals surface area contributed by atoms with E-state index in [0.29, 0.717) is 35.1 Å². The first kappa shape index (κ1) is 33.7. The van der Waals surface area contributed by atoms with E-state index in [1.807, 2.05) is 116 Å². The lowest BCUT2D eigenvalue weighted by Crippen LogP contribution is -2.52. The molecule has 5 aromatic rings. The first-order valence-corrected chi connectivity index (χ1v) is 18.6. The molecule has 10 heteroatoms. The average Bonchev–Trinajstić information content (AvgIpc) is 3.72. The molecule has 0 atom stereocenters. The molecule has 6 rings (SSSR count). The average molecular weight is 658 g/mol. The van der Waals surface area contributed by atoms with Crippen LogP contribution >= 0.6 is 0 Å². The number of hydrogen-bond acceptors (Lipinski definition) is 4. The third kappa shape index (κ3) is 7.93. The Bertz CT molecular complexity index is 1910. The standard InChI is InChI=1S/C38H44B2N4O3S/c1-29-14-10-13-21-33(29)22-38(45)41-34-23-36-35(28-43(42-36)27-32-19-11-12-20-32)37(24-34)48(46,47)44(39(2)25-30-15-6-4-7-16-30)40(3)26-31-17-8-5-9-18-31/h4-10,13-18,21,23-24,28,32H,11-12,19-20,22,25-27H2,1-3H3,(H,41,45). The molecule has 7 nitrogen and oxygen atoms in total. The van der Waals surface area contributed by atoms with Gasteiger partial charge in [0.15, 0.2) is 0 Å². The maximum absolute atomic E-state index is 15.1. The predicted octanol–water partition coefficient (Wildman–Crippen LogP) is 7.51. The van der Waals surface area contributed by atoms with Crippen molar-refractivity contribution in [2.75, 3.05) is 5.32 Å². The number of amides is 1. The van der Waals surface area contributed by atoms with E-state index in [2.05, 4.69) is 5.32 Å². The minimum atomic E-state index is -4.08. The van der Waals surface area contributed by atoms with Gasteiger partial charge in [0.1, 0.15) is 0 Å². The van der Waals surface area contributed by atoms with Crippen molar-refractivity contribution in [3.63, 3.8) is 0 Å². The van der Waals surface area contributed by atoms with Crippen molar-refractivity contribution in [1.82, 2.24) is 13.9 Å². The van der Waals surface area contributed by atoms with Crippen molar-refractivity contribution in [1.29, 1.82) is 0 Å². The number of nitrogens with zero attached hydrogens (tertiary/aromatic N) is 3. The lowest BCUT2D eigenvalue weighted by atomic mass is 9.48. The molecule has 1 heterocycles. The van der Waals surface area contributed by atoms with Crippen LogP contribution in [0, 0.1) is 12.8 Å². The van der Waals surface area contributed by atoms with E-state index in [9.17, 15) is 4.79 Å². The molecule has 0 aliphatic heterocycles. The normalized spacial score (nSPS) is 13.7. The molecular formula is C38H44B2N4O3S. The van der Waals surface area contributed by atoms with Gasteiger partial charge in [0.25, 0.3) is 0 Å². The lowest BCUT2D eigenvalue weighted by molar-refractivity contribution is -0.115. The molecular weight excluding hydrogens is 614 g/mol. The molecule has 1 aliphatic rings. The molecule has 1 saturated carbocycles. The Morgan fingerprint density at radius 3 is 2.06 bits per heavy atom. The van der Waals surface area contributed by atoms with Crippen LogP contribution in [0.25, 0.3) is 10.9 Å². The van der Waals surface area contributed by atoms with Crippen LogP contribution in [-0.2, 0) is 40.4 Å². The molecule has 0 bridgehead atoms. The van der Waals surface area contributed by atoms with E-state index in [1.54, 1.807) is 16.3 Å². The highest BCUT2D eigenvalue weighted by molar-refractivity contribution is 7.91. The van der Waals surface area contributed by atoms with E-state index >= 15 is 8.42 Å². The Morgan fingerprint density at radius 2 is 1.46 bits per heavy atom. The Labute approximate surface area is 286 Å². The zero-order chi connectivity index (χ0) is 33.7. The lowest BCUT2D eigenvalue weighted by Gasteiger charge is -2.31. The maximum Gasteiger partial charge on any atom is 0.229 e. The molecule has 0 saturated heterocycles. The van der Waals surface area contributed by atoms with Crippen LogP contribution in [-0.4, -0.2) is 41.9 Å². The summed E-state index contributed by atoms with van der Waals surface area (Å²) in [6.07, 6.45) is 7.96. The fraction of sp³-hybridized carbons (Fsp3) is 0.316. The van der Waals surface area contributed by atoms with Gasteiger partial charge in [-0.2, -0.15) is 5.10 Å². The van der Waals surface area contributed by atoms with Crippen molar-refractivity contribution in [3.8, 4) is 0 Å². The minimum absolute atomic E-state index is 0.170. The quantitative estimate of drug-likeness (QED) is 0.133. The molecule has 0 radical (unpaired) electrons. The van der Waals surface area contributed by atoms with Gasteiger partial charge in [-0.1, -0.05) is 123 Å². The predicted molar refractivity (Wildman–Crippen MR) is 198 cm³/mol. The number of aryl methyl sites for hydroxylation is 1. The molecule has 1 aliphatic carbocycles. The van der Waals surface area contributed by atoms with Crippen LogP contribution in [0.1, 0.15) is 47.9 Å². The topological polar surface area (TPSA) is 84.3 Å². The van der Waals surface area contributed by atoms with Gasteiger partial charge in [-0.25, -0.2) is 8.42 Å². The fourth-order valence-electron chi connectivity index (χ4n) is 7.28. The maximum atomic E-state index is 15.1. The van der Waals surface area contributed by atoms with Crippen molar-refractivity contribution in [2.24, 2.45) is 5.92 Å².